The number of anilines is 1. The molecule has 1 aromatic heterocycles. The molecule has 6 heteroatoms. The van der Waals surface area contributed by atoms with E-state index in [9.17, 15) is 4.79 Å². The number of carbonyl (C=O) groups excluding carboxylic acids is 1. The Labute approximate surface area is 170 Å². The molecule has 0 unspecified atom stereocenters. The predicted molar refractivity (Wildman–Crippen MR) is 113 cm³/mol. The van der Waals surface area contributed by atoms with E-state index in [0.29, 0.717) is 30.2 Å². The molecular formula is C23H25N3O3. The highest BCUT2D eigenvalue weighted by atomic mass is 16.5. The molecule has 0 aliphatic heterocycles. The minimum atomic E-state index is -0.251. The number of aryl methyl sites for hydroxylation is 1. The van der Waals surface area contributed by atoms with E-state index >= 15 is 0 Å². The van der Waals surface area contributed by atoms with Gasteiger partial charge in [0.25, 0.3) is 5.91 Å². The van der Waals surface area contributed by atoms with Crippen LogP contribution >= 0.6 is 0 Å². The van der Waals surface area contributed by atoms with Gasteiger partial charge >= 0.3 is 0 Å². The lowest BCUT2D eigenvalue weighted by molar-refractivity contribution is 0.0951. The van der Waals surface area contributed by atoms with Gasteiger partial charge in [-0.05, 0) is 55.3 Å². The minimum Gasteiger partial charge on any atom is -0.493 e. The van der Waals surface area contributed by atoms with Crippen molar-refractivity contribution in [3.8, 4) is 17.2 Å². The highest BCUT2D eigenvalue weighted by Crippen LogP contribution is 2.25. The smallest absolute Gasteiger partial charge is 0.255 e. The summed E-state index contributed by atoms with van der Waals surface area (Å²) < 4.78 is 11.5. The molecule has 6 nitrogen and oxygen atoms in total. The van der Waals surface area contributed by atoms with Gasteiger partial charge in [0.1, 0.15) is 23.1 Å². The van der Waals surface area contributed by atoms with Gasteiger partial charge in [-0.3, -0.25) is 4.79 Å². The molecule has 0 aliphatic rings. The van der Waals surface area contributed by atoms with Gasteiger partial charge in [0.2, 0.25) is 0 Å². The van der Waals surface area contributed by atoms with E-state index in [2.05, 4.69) is 17.2 Å². The van der Waals surface area contributed by atoms with E-state index in [1.165, 1.54) is 0 Å². The number of ether oxygens (including phenoxy) is 2. The van der Waals surface area contributed by atoms with E-state index < -0.39 is 0 Å². The van der Waals surface area contributed by atoms with Gasteiger partial charge in [-0.25, -0.2) is 4.98 Å². The van der Waals surface area contributed by atoms with Gasteiger partial charge < -0.3 is 20.5 Å². The number of amides is 1. The molecular weight excluding hydrogens is 366 g/mol. The van der Waals surface area contributed by atoms with Gasteiger partial charge in [0, 0.05) is 18.3 Å². The van der Waals surface area contributed by atoms with E-state index in [1.54, 1.807) is 12.1 Å². The molecule has 3 rings (SSSR count). The molecule has 0 radical (unpaired) electrons. The lowest BCUT2D eigenvalue weighted by Crippen LogP contribution is -2.24. The van der Waals surface area contributed by atoms with Crippen LogP contribution in [0, 0.1) is 6.92 Å². The average Bonchev–Trinajstić information content (AvgIpc) is 2.72. The number of nitrogens with one attached hydrogen (secondary N) is 1. The van der Waals surface area contributed by atoms with Crippen LogP contribution in [0.2, 0.25) is 0 Å². The second-order valence-corrected chi connectivity index (χ2v) is 6.64. The van der Waals surface area contributed by atoms with Crippen LogP contribution in [-0.4, -0.2) is 17.5 Å². The summed E-state index contributed by atoms with van der Waals surface area (Å²) >= 11 is 0. The molecule has 3 aromatic rings. The molecule has 3 N–H and O–H groups in total. The predicted octanol–water partition coefficient (Wildman–Crippen LogP) is 4.48. The number of pyridine rings is 1. The summed E-state index contributed by atoms with van der Waals surface area (Å²) in [5.41, 5.74) is 7.92. The van der Waals surface area contributed by atoms with Crippen LogP contribution < -0.4 is 20.5 Å². The highest BCUT2D eigenvalue weighted by Gasteiger charge is 2.10. The van der Waals surface area contributed by atoms with Crippen LogP contribution in [0.1, 0.15) is 35.0 Å². The Balaban J connectivity index is 1.57. The number of nitrogen functional groups attached to an aromatic ring is 1. The number of carbonyl (C=O) groups is 1. The molecule has 2 aromatic carbocycles. The van der Waals surface area contributed by atoms with Crippen molar-refractivity contribution in [2.45, 2.75) is 26.8 Å². The van der Waals surface area contributed by atoms with Crippen molar-refractivity contribution in [1.82, 2.24) is 10.3 Å². The van der Waals surface area contributed by atoms with Crippen molar-refractivity contribution in [2.24, 2.45) is 0 Å². The fraction of sp³-hybridized carbons (Fsp3) is 0.217. The van der Waals surface area contributed by atoms with Gasteiger partial charge in [-0.15, -0.1) is 0 Å². The molecule has 0 aliphatic carbocycles. The number of rotatable bonds is 8. The maximum absolute atomic E-state index is 12.3. The molecule has 29 heavy (non-hydrogen) atoms. The molecule has 0 bridgehead atoms. The first kappa shape index (κ1) is 20.2. The quantitative estimate of drug-likeness (QED) is 0.591. The summed E-state index contributed by atoms with van der Waals surface area (Å²) in [6, 6.07) is 18.5. The lowest BCUT2D eigenvalue weighted by Gasteiger charge is -2.10. The Kier molecular flexibility index (Phi) is 6.68. The number of aromatic nitrogens is 1. The summed E-state index contributed by atoms with van der Waals surface area (Å²) in [6.07, 6.45) is 0.954. The minimum absolute atomic E-state index is 0.233. The topological polar surface area (TPSA) is 86.5 Å². The fourth-order valence-corrected chi connectivity index (χ4v) is 2.71. The molecule has 0 saturated heterocycles. The van der Waals surface area contributed by atoms with Crippen LogP contribution in [-0.2, 0) is 6.54 Å². The third-order valence-corrected chi connectivity index (χ3v) is 4.20. The Morgan fingerprint density at radius 2 is 1.79 bits per heavy atom. The van der Waals surface area contributed by atoms with Crippen molar-refractivity contribution < 1.29 is 14.3 Å². The average molecular weight is 391 g/mol. The summed E-state index contributed by atoms with van der Waals surface area (Å²) in [6.45, 7) is 4.95. The van der Waals surface area contributed by atoms with Gasteiger partial charge in [0.05, 0.1) is 12.2 Å². The van der Waals surface area contributed by atoms with Crippen molar-refractivity contribution in [1.29, 1.82) is 0 Å². The third-order valence-electron chi connectivity index (χ3n) is 4.20. The maximum Gasteiger partial charge on any atom is 0.255 e. The summed E-state index contributed by atoms with van der Waals surface area (Å²) in [5.74, 6) is 2.19. The fourth-order valence-electron chi connectivity index (χ4n) is 2.71. The highest BCUT2D eigenvalue weighted by molar-refractivity contribution is 5.98. The zero-order valence-electron chi connectivity index (χ0n) is 16.6. The van der Waals surface area contributed by atoms with Crippen LogP contribution in [0.3, 0.4) is 0 Å². The van der Waals surface area contributed by atoms with Crippen molar-refractivity contribution in [3.63, 3.8) is 0 Å². The van der Waals surface area contributed by atoms with Crippen molar-refractivity contribution in [2.75, 3.05) is 12.3 Å². The van der Waals surface area contributed by atoms with E-state index in [1.807, 2.05) is 55.5 Å². The van der Waals surface area contributed by atoms with E-state index in [4.69, 9.17) is 15.2 Å². The van der Waals surface area contributed by atoms with Gasteiger partial charge in [-0.2, -0.15) is 0 Å². The molecule has 0 saturated carbocycles. The summed E-state index contributed by atoms with van der Waals surface area (Å²) in [4.78, 5) is 16.4. The first-order chi connectivity index (χ1) is 14.0. The standard InChI is InChI=1S/C23H25N3O3/c1-3-13-28-19-5-4-6-20(14-19)29-18-10-8-17(9-11-18)15-25-23(27)21-12-7-16(2)26-22(21)24/h4-12,14H,3,13,15H2,1-2H3,(H2,24,26)(H,25,27). The van der Waals surface area contributed by atoms with Gasteiger partial charge in [0.15, 0.2) is 0 Å². The first-order valence-corrected chi connectivity index (χ1v) is 9.56. The van der Waals surface area contributed by atoms with Gasteiger partial charge in [-0.1, -0.05) is 25.1 Å². The molecule has 0 spiro atoms. The SMILES string of the molecule is CCCOc1cccc(Oc2ccc(CNC(=O)c3ccc(C)nc3N)cc2)c1. The Morgan fingerprint density at radius 1 is 1.03 bits per heavy atom. The summed E-state index contributed by atoms with van der Waals surface area (Å²) in [5, 5.41) is 2.86. The zero-order valence-corrected chi connectivity index (χ0v) is 16.6. The molecule has 1 heterocycles. The molecule has 150 valence electrons. The Hall–Kier alpha value is -3.54. The largest absolute Gasteiger partial charge is 0.493 e. The lowest BCUT2D eigenvalue weighted by atomic mass is 10.2. The monoisotopic (exact) mass is 391 g/mol. The summed E-state index contributed by atoms with van der Waals surface area (Å²) in [7, 11) is 0. The van der Waals surface area contributed by atoms with E-state index in [-0.39, 0.29) is 11.7 Å². The number of nitrogens with zero attached hydrogens (tertiary/aromatic N) is 1. The number of benzene rings is 2. The zero-order chi connectivity index (χ0) is 20.6. The molecule has 1 amide bonds. The van der Waals surface area contributed by atoms with E-state index in [0.717, 1.165) is 23.4 Å². The molecule has 0 fully saturated rings. The maximum atomic E-state index is 12.3. The number of hydrogen-bond acceptors (Lipinski definition) is 5. The second kappa shape index (κ2) is 9.59. The van der Waals surface area contributed by atoms with Crippen LogP contribution in [0.4, 0.5) is 5.82 Å². The van der Waals surface area contributed by atoms with Crippen LogP contribution in [0.5, 0.6) is 17.2 Å². The van der Waals surface area contributed by atoms with Crippen molar-refractivity contribution in [3.05, 3.63) is 77.5 Å². The van der Waals surface area contributed by atoms with Crippen LogP contribution in [0.15, 0.2) is 60.7 Å². The third kappa shape index (κ3) is 5.72. The number of nitrogens with two attached hydrogens (primary N) is 1. The molecule has 0 atom stereocenters. The van der Waals surface area contributed by atoms with Crippen LogP contribution in [0.25, 0.3) is 0 Å². The number of hydrogen-bond donors (Lipinski definition) is 2. The second-order valence-electron chi connectivity index (χ2n) is 6.64. The normalized spacial score (nSPS) is 10.4. The first-order valence-electron chi connectivity index (χ1n) is 9.56. The van der Waals surface area contributed by atoms with Crippen molar-refractivity contribution >= 4 is 11.7 Å². The Morgan fingerprint density at radius 3 is 2.52 bits per heavy atom. The Bertz CT molecular complexity index is 971.